The van der Waals surface area contributed by atoms with Crippen LogP contribution in [-0.4, -0.2) is 47.0 Å². The molecule has 0 atom stereocenters. The van der Waals surface area contributed by atoms with Gasteiger partial charge in [-0.15, -0.1) is 0 Å². The predicted molar refractivity (Wildman–Crippen MR) is 134 cm³/mol. The van der Waals surface area contributed by atoms with Gasteiger partial charge in [0.05, 0.1) is 5.56 Å². The summed E-state index contributed by atoms with van der Waals surface area (Å²) in [6.45, 7) is 5.01. The molecule has 1 aromatic rings. The number of benzene rings is 1. The maximum Gasteiger partial charge on any atom is 0.416 e. The number of amides is 3. The summed E-state index contributed by atoms with van der Waals surface area (Å²) in [5.41, 5.74) is -2.99. The molecular weight excluding hydrogens is 506 g/mol. The third-order valence-electron chi connectivity index (χ3n) is 6.99. The lowest BCUT2D eigenvalue weighted by atomic mass is 9.80. The van der Waals surface area contributed by atoms with Gasteiger partial charge in [-0.3, -0.25) is 9.59 Å². The van der Waals surface area contributed by atoms with E-state index in [0.29, 0.717) is 38.8 Å². The molecule has 3 amide bonds. The molecule has 0 bridgehead atoms. The van der Waals surface area contributed by atoms with Gasteiger partial charge in [0.1, 0.15) is 17.8 Å². The van der Waals surface area contributed by atoms with Crippen molar-refractivity contribution in [1.29, 1.82) is 0 Å². The van der Waals surface area contributed by atoms with E-state index in [2.05, 4.69) is 10.6 Å². The number of piperidine rings is 1. The number of hydrogen-bond acceptors (Lipinski definition) is 4. The fourth-order valence-electron chi connectivity index (χ4n) is 5.17. The van der Waals surface area contributed by atoms with Gasteiger partial charge in [0.25, 0.3) is 0 Å². The van der Waals surface area contributed by atoms with Crippen LogP contribution in [0.3, 0.4) is 0 Å². The summed E-state index contributed by atoms with van der Waals surface area (Å²) in [7, 11) is 0. The van der Waals surface area contributed by atoms with Crippen molar-refractivity contribution in [3.05, 3.63) is 29.3 Å². The van der Waals surface area contributed by atoms with E-state index in [4.69, 9.17) is 4.74 Å². The molecule has 2 fully saturated rings. The van der Waals surface area contributed by atoms with Gasteiger partial charge < -0.3 is 20.3 Å². The molecule has 2 N–H and O–H groups in total. The minimum Gasteiger partial charge on any atom is -0.444 e. The van der Waals surface area contributed by atoms with Crippen LogP contribution in [0.4, 0.5) is 28.0 Å². The van der Waals surface area contributed by atoms with Gasteiger partial charge in [-0.2, -0.15) is 13.2 Å². The third-order valence-corrected chi connectivity index (χ3v) is 6.99. The number of carbonyl (C=O) groups is 3. The van der Waals surface area contributed by atoms with Crippen molar-refractivity contribution in [2.75, 3.05) is 18.4 Å². The lowest BCUT2D eigenvalue weighted by Gasteiger charge is -2.42. The Morgan fingerprint density at radius 2 is 1.66 bits per heavy atom. The first-order valence-corrected chi connectivity index (χ1v) is 13.1. The van der Waals surface area contributed by atoms with Gasteiger partial charge in [-0.1, -0.05) is 19.3 Å². The van der Waals surface area contributed by atoms with Crippen LogP contribution in [0.1, 0.15) is 83.3 Å². The molecule has 1 aliphatic carbocycles. The number of hydrogen-bond donors (Lipinski definition) is 2. The summed E-state index contributed by atoms with van der Waals surface area (Å²) >= 11 is 0. The smallest absolute Gasteiger partial charge is 0.416 e. The van der Waals surface area contributed by atoms with Gasteiger partial charge >= 0.3 is 12.3 Å². The largest absolute Gasteiger partial charge is 0.444 e. The van der Waals surface area contributed by atoms with Crippen LogP contribution in [0.2, 0.25) is 0 Å². The number of halogens is 4. The molecule has 0 unspecified atom stereocenters. The normalized spacial score (nSPS) is 18.6. The SMILES string of the molecule is CC(C)(C)OC(=O)NC1(C(=O)N2CCC(CC(=O)Nc3cc(CF)cc(C(F)(F)F)c3)CC2)CCCCC1. The third kappa shape index (κ3) is 8.07. The first-order chi connectivity index (χ1) is 17.7. The van der Waals surface area contributed by atoms with E-state index < -0.39 is 41.6 Å². The summed E-state index contributed by atoms with van der Waals surface area (Å²) in [5, 5.41) is 5.32. The summed E-state index contributed by atoms with van der Waals surface area (Å²) in [6, 6.07) is 2.70. The van der Waals surface area contributed by atoms with Crippen molar-refractivity contribution < 1.29 is 36.7 Å². The molecule has 2 aliphatic rings. The fourth-order valence-corrected chi connectivity index (χ4v) is 5.17. The molecule has 0 aromatic heterocycles. The Bertz CT molecular complexity index is 1010. The second kappa shape index (κ2) is 11.9. The number of nitrogens with one attached hydrogen (secondary N) is 2. The monoisotopic (exact) mass is 543 g/mol. The maximum atomic E-state index is 13.6. The molecule has 3 rings (SSSR count). The van der Waals surface area contributed by atoms with Crippen LogP contribution in [0.25, 0.3) is 0 Å². The second-order valence-corrected chi connectivity index (χ2v) is 11.3. The highest BCUT2D eigenvalue weighted by Crippen LogP contribution is 2.34. The molecule has 0 radical (unpaired) electrons. The molecule has 11 heteroatoms. The first-order valence-electron chi connectivity index (χ1n) is 13.1. The Kier molecular flexibility index (Phi) is 9.30. The molecule has 1 aromatic carbocycles. The van der Waals surface area contributed by atoms with E-state index in [1.165, 1.54) is 6.07 Å². The lowest BCUT2D eigenvalue weighted by Crippen LogP contribution is -2.62. The van der Waals surface area contributed by atoms with E-state index in [1.54, 1.807) is 25.7 Å². The highest BCUT2D eigenvalue weighted by Gasteiger charge is 2.45. The topological polar surface area (TPSA) is 87.7 Å². The van der Waals surface area contributed by atoms with Crippen LogP contribution in [0.15, 0.2) is 18.2 Å². The number of alkyl carbamates (subject to hydrolysis) is 1. The summed E-state index contributed by atoms with van der Waals surface area (Å²) < 4.78 is 57.8. The zero-order valence-electron chi connectivity index (χ0n) is 22.2. The van der Waals surface area contributed by atoms with Crippen molar-refractivity contribution in [2.45, 2.75) is 96.1 Å². The van der Waals surface area contributed by atoms with Gasteiger partial charge in [-0.25, -0.2) is 9.18 Å². The van der Waals surface area contributed by atoms with E-state index >= 15 is 0 Å². The molecule has 212 valence electrons. The molecule has 7 nitrogen and oxygen atoms in total. The van der Waals surface area contributed by atoms with Crippen LogP contribution < -0.4 is 10.6 Å². The van der Waals surface area contributed by atoms with Gasteiger partial charge in [0, 0.05) is 25.2 Å². The quantitative estimate of drug-likeness (QED) is 0.433. The van der Waals surface area contributed by atoms with Gasteiger partial charge in [0.2, 0.25) is 11.8 Å². The number of likely N-dealkylation sites (tertiary alicyclic amines) is 1. The zero-order valence-corrected chi connectivity index (χ0v) is 22.2. The summed E-state index contributed by atoms with van der Waals surface area (Å²) in [5.74, 6) is -0.672. The minimum atomic E-state index is -4.65. The number of rotatable bonds is 6. The van der Waals surface area contributed by atoms with E-state index in [1.807, 2.05) is 0 Å². The zero-order chi connectivity index (χ0) is 28.1. The van der Waals surface area contributed by atoms with Gasteiger partial charge in [0.15, 0.2) is 0 Å². The standard InChI is InChI=1S/C27H37F4N3O4/c1-25(2,3)38-24(37)33-26(9-5-4-6-10-26)23(36)34-11-7-18(8-12-34)15-22(35)32-21-14-19(17-28)13-20(16-21)27(29,30)31/h13-14,16,18H,4-12,15,17H2,1-3H3,(H,32,35)(H,33,37). The summed E-state index contributed by atoms with van der Waals surface area (Å²) in [6.07, 6.45) is -0.430. The number of anilines is 1. The number of carbonyl (C=O) groups excluding carboxylic acids is 3. The van der Waals surface area contributed by atoms with Crippen LogP contribution in [0.5, 0.6) is 0 Å². The molecule has 1 heterocycles. The molecule has 38 heavy (non-hydrogen) atoms. The van der Waals surface area contributed by atoms with Crippen LogP contribution >= 0.6 is 0 Å². The van der Waals surface area contributed by atoms with E-state index in [9.17, 15) is 31.9 Å². The molecule has 1 saturated heterocycles. The highest BCUT2D eigenvalue weighted by atomic mass is 19.4. The Morgan fingerprint density at radius 1 is 1.03 bits per heavy atom. The minimum absolute atomic E-state index is 0.0633. The number of ether oxygens (including phenoxy) is 1. The molecular formula is C27H37F4N3O4. The average Bonchev–Trinajstić information content (AvgIpc) is 2.82. The number of nitrogens with zero attached hydrogens (tertiary/aromatic N) is 1. The highest BCUT2D eigenvalue weighted by molar-refractivity contribution is 5.91. The Balaban J connectivity index is 1.58. The number of alkyl halides is 4. The molecule has 1 saturated carbocycles. The van der Waals surface area contributed by atoms with Crippen molar-refractivity contribution in [2.24, 2.45) is 5.92 Å². The van der Waals surface area contributed by atoms with E-state index in [0.717, 1.165) is 31.4 Å². The van der Waals surface area contributed by atoms with Crippen molar-refractivity contribution >= 4 is 23.6 Å². The second-order valence-electron chi connectivity index (χ2n) is 11.3. The first kappa shape index (κ1) is 29.7. The van der Waals surface area contributed by atoms with Gasteiger partial charge in [-0.05, 0) is 76.1 Å². The lowest BCUT2D eigenvalue weighted by molar-refractivity contribution is -0.141. The fraction of sp³-hybridized carbons (Fsp3) is 0.667. The van der Waals surface area contributed by atoms with Crippen molar-refractivity contribution in [3.63, 3.8) is 0 Å². The van der Waals surface area contributed by atoms with Crippen molar-refractivity contribution in [3.8, 4) is 0 Å². The predicted octanol–water partition coefficient (Wildman–Crippen LogP) is 5.97. The molecule has 1 aliphatic heterocycles. The average molecular weight is 544 g/mol. The van der Waals surface area contributed by atoms with Crippen molar-refractivity contribution in [1.82, 2.24) is 10.2 Å². The maximum absolute atomic E-state index is 13.6. The Hall–Kier alpha value is -2.85. The Morgan fingerprint density at radius 3 is 2.21 bits per heavy atom. The Labute approximate surface area is 220 Å². The van der Waals surface area contributed by atoms with E-state index in [-0.39, 0.29) is 29.5 Å². The molecule has 0 spiro atoms. The summed E-state index contributed by atoms with van der Waals surface area (Å²) in [4.78, 5) is 40.4. The van der Waals surface area contributed by atoms with Crippen LogP contribution in [-0.2, 0) is 27.2 Å². The van der Waals surface area contributed by atoms with Crippen LogP contribution in [0, 0.1) is 5.92 Å².